The lowest BCUT2D eigenvalue weighted by Gasteiger charge is -2.34. The van der Waals surface area contributed by atoms with Crippen LogP contribution in [0.25, 0.3) is 0 Å². The minimum atomic E-state index is -1.18. The summed E-state index contributed by atoms with van der Waals surface area (Å²) in [7, 11) is 1.64. The largest absolute Gasteiger partial charge is 0.376 e. The van der Waals surface area contributed by atoms with Gasteiger partial charge < -0.3 is 47.1 Å². The molecule has 14 heteroatoms. The van der Waals surface area contributed by atoms with Gasteiger partial charge in [0.1, 0.15) is 24.2 Å². The fourth-order valence-electron chi connectivity index (χ4n) is 7.13. The molecule has 1 saturated carbocycles. The summed E-state index contributed by atoms with van der Waals surface area (Å²) in [5.74, 6) is -3.02. The highest BCUT2D eigenvalue weighted by Crippen LogP contribution is 2.27. The zero-order valence-corrected chi connectivity index (χ0v) is 32.9. The van der Waals surface area contributed by atoms with Gasteiger partial charge in [-0.05, 0) is 58.4 Å². The Morgan fingerprint density at radius 2 is 1.46 bits per heavy atom. The summed E-state index contributed by atoms with van der Waals surface area (Å²) in [5, 5.41) is 11.5. The summed E-state index contributed by atoms with van der Waals surface area (Å²) < 4.78 is 12.3. The van der Waals surface area contributed by atoms with E-state index in [1.807, 2.05) is 20.8 Å². The van der Waals surface area contributed by atoms with Gasteiger partial charge in [-0.25, -0.2) is 0 Å². The molecule has 1 saturated heterocycles. The number of hydrogen-bond donors (Lipinski definition) is 6. The van der Waals surface area contributed by atoms with Gasteiger partial charge in [-0.3, -0.25) is 24.0 Å². The van der Waals surface area contributed by atoms with Gasteiger partial charge in [-0.1, -0.05) is 78.6 Å². The first kappa shape index (κ1) is 45.3. The smallest absolute Gasteiger partial charge is 0.245 e. The number of amides is 5. The molecule has 2 rings (SSSR count). The zero-order chi connectivity index (χ0) is 38.6. The number of nitrogens with zero attached hydrogens (tertiary/aromatic N) is 1. The molecule has 8 N–H and O–H groups in total. The summed E-state index contributed by atoms with van der Waals surface area (Å²) in [5.41, 5.74) is 11.7. The predicted octanol–water partition coefficient (Wildman–Crippen LogP) is 2.26. The second-order valence-corrected chi connectivity index (χ2v) is 15.0. The van der Waals surface area contributed by atoms with E-state index < -0.39 is 65.9 Å². The molecule has 1 heterocycles. The molecule has 0 spiro atoms. The van der Waals surface area contributed by atoms with Crippen LogP contribution in [0.15, 0.2) is 0 Å². The highest BCUT2D eigenvalue weighted by molar-refractivity contribution is 5.96. The summed E-state index contributed by atoms with van der Waals surface area (Å²) >= 11 is 0. The van der Waals surface area contributed by atoms with Gasteiger partial charge in [0.05, 0.1) is 31.3 Å². The van der Waals surface area contributed by atoms with E-state index in [0.717, 1.165) is 64.2 Å². The quantitative estimate of drug-likeness (QED) is 0.114. The van der Waals surface area contributed by atoms with Crippen LogP contribution in [0.4, 0.5) is 0 Å². The van der Waals surface area contributed by atoms with Crippen LogP contribution in [0, 0.1) is 11.8 Å². The summed E-state index contributed by atoms with van der Waals surface area (Å²) in [6.07, 6.45) is 10.9. The zero-order valence-electron chi connectivity index (χ0n) is 32.9. The summed E-state index contributed by atoms with van der Waals surface area (Å²) in [4.78, 5) is 71.1. The summed E-state index contributed by atoms with van der Waals surface area (Å²) in [6.45, 7) is 9.71. The summed E-state index contributed by atoms with van der Waals surface area (Å²) in [6, 6.07) is -4.50. The molecule has 2 aliphatic rings. The van der Waals surface area contributed by atoms with Crippen molar-refractivity contribution in [3.63, 3.8) is 0 Å². The molecule has 5 amide bonds. The second kappa shape index (κ2) is 24.5. The Balaban J connectivity index is 2.55. The van der Waals surface area contributed by atoms with Gasteiger partial charge in [-0.15, -0.1) is 0 Å². The van der Waals surface area contributed by atoms with E-state index in [-0.39, 0.29) is 37.7 Å². The molecular formula is C38H71N7O7. The van der Waals surface area contributed by atoms with Crippen LogP contribution in [0.1, 0.15) is 125 Å². The maximum Gasteiger partial charge on any atom is 0.245 e. The van der Waals surface area contributed by atoms with Crippen molar-refractivity contribution in [2.75, 3.05) is 33.4 Å². The van der Waals surface area contributed by atoms with Crippen LogP contribution in [0.5, 0.6) is 0 Å². The van der Waals surface area contributed by atoms with Crippen LogP contribution in [0.3, 0.4) is 0 Å². The van der Waals surface area contributed by atoms with Crippen LogP contribution in [-0.2, 0) is 33.4 Å². The molecule has 2 fully saturated rings. The number of carbonyl (C=O) groups is 5. The normalized spacial score (nSPS) is 29.1. The van der Waals surface area contributed by atoms with E-state index in [1.54, 1.807) is 14.0 Å². The first-order valence-electron chi connectivity index (χ1n) is 20.0. The van der Waals surface area contributed by atoms with Gasteiger partial charge in [0, 0.05) is 19.6 Å². The molecule has 0 aromatic carbocycles. The van der Waals surface area contributed by atoms with Crippen LogP contribution in [-0.4, -0.2) is 110 Å². The van der Waals surface area contributed by atoms with Crippen molar-refractivity contribution in [1.29, 1.82) is 0 Å². The molecule has 0 aromatic heterocycles. The number of rotatable bonds is 14. The number of likely N-dealkylation sites (N-methyl/N-ethyl adjacent to an activating group) is 1. The van der Waals surface area contributed by atoms with Crippen molar-refractivity contribution in [1.82, 2.24) is 26.2 Å². The molecule has 8 atom stereocenters. The van der Waals surface area contributed by atoms with Crippen LogP contribution in [0.2, 0.25) is 0 Å². The number of unbranched alkanes of at least 4 members (excludes halogenated alkanes) is 3. The molecule has 0 radical (unpaired) electrons. The average molecular weight is 738 g/mol. The van der Waals surface area contributed by atoms with Crippen molar-refractivity contribution in [2.24, 2.45) is 23.3 Å². The van der Waals surface area contributed by atoms with E-state index in [9.17, 15) is 24.0 Å². The third-order valence-electron chi connectivity index (χ3n) is 10.5. The van der Waals surface area contributed by atoms with Gasteiger partial charge in [0.2, 0.25) is 29.5 Å². The lowest BCUT2D eigenvalue weighted by atomic mass is 9.90. The van der Waals surface area contributed by atoms with E-state index in [4.69, 9.17) is 20.9 Å². The lowest BCUT2D eigenvalue weighted by molar-refractivity contribution is -0.147. The number of nitrogens with two attached hydrogens (primary N) is 2. The Bertz CT molecular complexity index is 1100. The van der Waals surface area contributed by atoms with Crippen molar-refractivity contribution in [3.05, 3.63) is 0 Å². The molecule has 0 bridgehead atoms. The van der Waals surface area contributed by atoms with Crippen LogP contribution >= 0.6 is 0 Å². The van der Waals surface area contributed by atoms with E-state index >= 15 is 0 Å². The fraction of sp³-hybridized carbons (Fsp3) is 0.868. The average Bonchev–Trinajstić information content (AvgIpc) is 3.41. The SMILES string of the molecule is CCCCCC[C@H]1OC[C@H](C)NC(=O)[C@H](CO[C@@H](C)CCN)NC(=O)[C@H](CN)NC(=O)[C@H](C2CCCCCC2)NC(=O)[C@H](CCC)N(C)C(=O)[C@@H]1C. The van der Waals surface area contributed by atoms with Gasteiger partial charge in [-0.2, -0.15) is 0 Å². The highest BCUT2D eigenvalue weighted by Gasteiger charge is 2.38. The van der Waals surface area contributed by atoms with Gasteiger partial charge >= 0.3 is 0 Å². The predicted molar refractivity (Wildman–Crippen MR) is 202 cm³/mol. The first-order chi connectivity index (χ1) is 24.9. The molecule has 52 heavy (non-hydrogen) atoms. The monoisotopic (exact) mass is 738 g/mol. The molecule has 0 unspecified atom stereocenters. The van der Waals surface area contributed by atoms with Crippen LogP contribution < -0.4 is 32.7 Å². The first-order valence-corrected chi connectivity index (χ1v) is 20.0. The minimum Gasteiger partial charge on any atom is -0.376 e. The molecule has 1 aliphatic heterocycles. The molecule has 0 aromatic rings. The Kier molecular flexibility index (Phi) is 21.4. The Hall–Kier alpha value is -2.81. The topological polar surface area (TPSA) is 207 Å². The standard InChI is InChI=1S/C38H71N7O7/c1-7-9-10-15-19-32-27(5)38(50)45(6)31(16-8-2)36(48)44-33(28-17-13-11-12-14-18-28)37(49)42-29(22-40)34(46)43-30(24-51-26(4)20-21-39)35(47)41-25(3)23-52-32/h25-33H,7-24,39-40H2,1-6H3,(H,41,47)(H,42,49)(H,43,46)(H,44,48)/t25-,26-,27+,29-,30-,31-,32+,33-/m0/s1. The Morgan fingerprint density at radius 1 is 0.808 bits per heavy atom. The highest BCUT2D eigenvalue weighted by atomic mass is 16.5. The fourth-order valence-corrected chi connectivity index (χ4v) is 7.13. The van der Waals surface area contributed by atoms with E-state index in [0.29, 0.717) is 32.2 Å². The maximum atomic E-state index is 14.1. The maximum absolute atomic E-state index is 14.1. The Morgan fingerprint density at radius 3 is 2.08 bits per heavy atom. The molecule has 1 aliphatic carbocycles. The number of hydrogen-bond acceptors (Lipinski definition) is 9. The third kappa shape index (κ3) is 14.9. The second-order valence-electron chi connectivity index (χ2n) is 15.0. The van der Waals surface area contributed by atoms with Crippen molar-refractivity contribution in [2.45, 2.75) is 167 Å². The number of ether oxygens (including phenoxy) is 2. The van der Waals surface area contributed by atoms with E-state index in [2.05, 4.69) is 28.2 Å². The van der Waals surface area contributed by atoms with Crippen molar-refractivity contribution < 1.29 is 33.4 Å². The van der Waals surface area contributed by atoms with E-state index in [1.165, 1.54) is 4.90 Å². The Labute approximate surface area is 312 Å². The number of nitrogens with one attached hydrogen (secondary N) is 4. The lowest BCUT2D eigenvalue weighted by Crippen LogP contribution is -2.62. The van der Waals surface area contributed by atoms with Crippen molar-refractivity contribution >= 4 is 29.5 Å². The number of carbonyl (C=O) groups excluding carboxylic acids is 5. The van der Waals surface area contributed by atoms with Gasteiger partial charge in [0.15, 0.2) is 0 Å². The molecule has 300 valence electrons. The molecule has 14 nitrogen and oxygen atoms in total. The van der Waals surface area contributed by atoms with Crippen molar-refractivity contribution in [3.8, 4) is 0 Å². The third-order valence-corrected chi connectivity index (χ3v) is 10.5. The molecular weight excluding hydrogens is 666 g/mol. The minimum absolute atomic E-state index is 0.125. The van der Waals surface area contributed by atoms with Gasteiger partial charge in [0.25, 0.3) is 0 Å².